The SMILES string of the molecule is O=C1NC2CS[C@@H](CCCCC(=O)C3CCCC(N[C@H](Cc4ccccc4)C(=O)N4C/C(=C\c5ccc([N+](=O)[O-])cc5)C(=O)/C(=C/c5ccc([N+](=O)[O-])cc5)C4)CC3)C2N1. The van der Waals surface area contributed by atoms with Gasteiger partial charge in [-0.25, -0.2) is 4.79 Å². The van der Waals surface area contributed by atoms with Crippen LogP contribution < -0.4 is 16.0 Å². The third-order valence-electron chi connectivity index (χ3n) is 12.0. The molecule has 3 amide bonds. The molecule has 0 radical (unpaired) electrons. The number of unbranched alkanes of at least 4 members (excludes halogenated alkanes) is 1. The van der Waals surface area contributed by atoms with E-state index in [1.807, 2.05) is 42.1 Å². The minimum atomic E-state index is -0.632. The molecular weight excluding hydrogens is 785 g/mol. The number of ketones is 2. The van der Waals surface area contributed by atoms with Crippen LogP contribution in [0.4, 0.5) is 16.2 Å². The average Bonchev–Trinajstić information content (AvgIpc) is 3.70. The molecule has 60 heavy (non-hydrogen) atoms. The lowest BCUT2D eigenvalue weighted by Gasteiger charge is -2.34. The van der Waals surface area contributed by atoms with Gasteiger partial charge in [-0.15, -0.1) is 0 Å². The van der Waals surface area contributed by atoms with Crippen molar-refractivity contribution in [2.24, 2.45) is 5.92 Å². The highest BCUT2D eigenvalue weighted by Crippen LogP contribution is 2.34. The Hall–Kier alpha value is -5.67. The van der Waals surface area contributed by atoms with Crippen molar-refractivity contribution < 1.29 is 29.0 Å². The molecule has 1 saturated carbocycles. The molecule has 3 heterocycles. The molecule has 4 fully saturated rings. The predicted octanol–water partition coefficient (Wildman–Crippen LogP) is 6.83. The Morgan fingerprint density at radius 1 is 0.817 bits per heavy atom. The second kappa shape index (κ2) is 19.6. The van der Waals surface area contributed by atoms with Gasteiger partial charge in [-0.1, -0.05) is 43.2 Å². The van der Waals surface area contributed by atoms with E-state index in [9.17, 15) is 39.4 Å². The first-order valence-electron chi connectivity index (χ1n) is 20.8. The number of nitro benzene ring substituents is 2. The van der Waals surface area contributed by atoms with Gasteiger partial charge in [0, 0.05) is 77.9 Å². The van der Waals surface area contributed by atoms with Crippen molar-refractivity contribution in [1.29, 1.82) is 0 Å². The second-order valence-electron chi connectivity index (χ2n) is 16.2. The molecule has 1 aliphatic carbocycles. The number of Topliss-reactive ketones (excluding diaryl/α,β-unsaturated/α-hetero) is 2. The van der Waals surface area contributed by atoms with E-state index in [1.165, 1.54) is 24.3 Å². The highest BCUT2D eigenvalue weighted by molar-refractivity contribution is 8.00. The van der Waals surface area contributed by atoms with Crippen LogP contribution in [0.25, 0.3) is 12.2 Å². The number of hydrogen-bond donors (Lipinski definition) is 3. The predicted molar refractivity (Wildman–Crippen MR) is 230 cm³/mol. The van der Waals surface area contributed by atoms with E-state index < -0.39 is 15.9 Å². The summed E-state index contributed by atoms with van der Waals surface area (Å²) in [5.41, 5.74) is 2.60. The Bertz CT molecular complexity index is 2060. The van der Waals surface area contributed by atoms with Crippen LogP contribution in [0.3, 0.4) is 0 Å². The van der Waals surface area contributed by atoms with E-state index in [0.29, 0.717) is 46.1 Å². The fourth-order valence-corrected chi connectivity index (χ4v) is 10.4. The lowest BCUT2D eigenvalue weighted by Crippen LogP contribution is -2.53. The Morgan fingerprint density at radius 3 is 2.07 bits per heavy atom. The molecule has 14 nitrogen and oxygen atoms in total. The summed E-state index contributed by atoms with van der Waals surface area (Å²) in [6, 6.07) is 21.1. The summed E-state index contributed by atoms with van der Waals surface area (Å²) in [6.07, 6.45) is 11.0. The number of non-ortho nitro benzene ring substituents is 2. The highest BCUT2D eigenvalue weighted by Gasteiger charge is 2.42. The van der Waals surface area contributed by atoms with Gasteiger partial charge in [-0.2, -0.15) is 11.8 Å². The molecule has 3 N–H and O–H groups in total. The van der Waals surface area contributed by atoms with Crippen molar-refractivity contribution in [2.45, 2.75) is 93.6 Å². The number of amides is 3. The van der Waals surface area contributed by atoms with Crippen LogP contribution in [0, 0.1) is 26.1 Å². The van der Waals surface area contributed by atoms with Crippen molar-refractivity contribution in [2.75, 3.05) is 18.8 Å². The third-order valence-corrected chi connectivity index (χ3v) is 13.6. The molecule has 314 valence electrons. The summed E-state index contributed by atoms with van der Waals surface area (Å²) >= 11 is 1.89. The summed E-state index contributed by atoms with van der Waals surface area (Å²) in [5, 5.41) is 32.7. The van der Waals surface area contributed by atoms with E-state index in [2.05, 4.69) is 16.0 Å². The van der Waals surface area contributed by atoms with E-state index in [-0.39, 0.29) is 66.2 Å². The van der Waals surface area contributed by atoms with Gasteiger partial charge in [0.2, 0.25) is 5.91 Å². The maximum atomic E-state index is 14.8. The molecule has 0 aromatic heterocycles. The zero-order valence-electron chi connectivity index (χ0n) is 33.3. The lowest BCUT2D eigenvalue weighted by atomic mass is 9.91. The Kier molecular flexibility index (Phi) is 13.9. The maximum absolute atomic E-state index is 14.8. The molecule has 3 aromatic carbocycles. The monoisotopic (exact) mass is 834 g/mol. The first-order chi connectivity index (χ1) is 29.0. The number of rotatable bonds is 15. The summed E-state index contributed by atoms with van der Waals surface area (Å²) in [6.45, 7) is 0.0410. The largest absolute Gasteiger partial charge is 0.332 e. The average molecular weight is 835 g/mol. The molecule has 4 aliphatic rings. The lowest BCUT2D eigenvalue weighted by molar-refractivity contribution is -0.385. The van der Waals surface area contributed by atoms with Crippen molar-refractivity contribution in [3.05, 3.63) is 127 Å². The van der Waals surface area contributed by atoms with Gasteiger partial charge < -0.3 is 20.9 Å². The number of piperidine rings is 1. The summed E-state index contributed by atoms with van der Waals surface area (Å²) in [5.74, 6) is 0.736. The Labute approximate surface area is 352 Å². The molecule has 3 aliphatic heterocycles. The Morgan fingerprint density at radius 2 is 1.45 bits per heavy atom. The van der Waals surface area contributed by atoms with Gasteiger partial charge in [-0.05, 0) is 98.1 Å². The molecule has 6 atom stereocenters. The van der Waals surface area contributed by atoms with Crippen LogP contribution in [0.15, 0.2) is 90.0 Å². The Balaban J connectivity index is 1.04. The number of nitrogens with one attached hydrogen (secondary N) is 3. The number of benzene rings is 3. The number of carbonyl (C=O) groups is 4. The molecule has 15 heteroatoms. The number of urea groups is 1. The van der Waals surface area contributed by atoms with Crippen LogP contribution >= 0.6 is 11.8 Å². The van der Waals surface area contributed by atoms with E-state index >= 15 is 0 Å². The van der Waals surface area contributed by atoms with Gasteiger partial charge in [0.1, 0.15) is 5.78 Å². The molecule has 0 bridgehead atoms. The fraction of sp³-hybridized carbons (Fsp3) is 0.422. The van der Waals surface area contributed by atoms with Crippen molar-refractivity contribution in [3.8, 4) is 0 Å². The maximum Gasteiger partial charge on any atom is 0.315 e. The molecular formula is C45H50N6O8S. The number of carbonyl (C=O) groups excluding carboxylic acids is 4. The topological polar surface area (TPSA) is 194 Å². The van der Waals surface area contributed by atoms with Crippen molar-refractivity contribution in [3.63, 3.8) is 0 Å². The van der Waals surface area contributed by atoms with E-state index in [4.69, 9.17) is 0 Å². The van der Waals surface area contributed by atoms with E-state index in [1.54, 1.807) is 41.3 Å². The highest BCUT2D eigenvalue weighted by atomic mass is 32.2. The quantitative estimate of drug-likeness (QED) is 0.0365. The zero-order chi connectivity index (χ0) is 42.2. The van der Waals surface area contributed by atoms with Gasteiger partial charge in [0.15, 0.2) is 5.78 Å². The van der Waals surface area contributed by atoms with E-state index in [0.717, 1.165) is 62.7 Å². The summed E-state index contributed by atoms with van der Waals surface area (Å²) in [7, 11) is 0. The smallest absolute Gasteiger partial charge is 0.315 e. The molecule has 4 unspecified atom stereocenters. The van der Waals surface area contributed by atoms with Crippen LogP contribution in [0.5, 0.6) is 0 Å². The molecule has 0 spiro atoms. The minimum absolute atomic E-state index is 0.000280. The number of hydrogen-bond acceptors (Lipinski definition) is 10. The first kappa shape index (κ1) is 42.5. The van der Waals surface area contributed by atoms with Crippen LogP contribution in [-0.4, -0.2) is 86.5 Å². The van der Waals surface area contributed by atoms with Crippen molar-refractivity contribution >= 4 is 58.8 Å². The fourth-order valence-electron chi connectivity index (χ4n) is 8.84. The standard InChI is InChI=1S/C45H50N6O8S/c52-40(11-4-5-12-41-42-39(28-60-41)47-45(55)48-42)32-9-6-10-35(18-17-32)46-38(25-29-7-2-1-3-8-29)44(54)49-26-33(23-30-13-19-36(20-14-30)50(56)57)43(53)34(27-49)24-31-15-21-37(22-16-31)51(58)59/h1-3,7-8,13-16,19-24,32,35,38-39,41-42,46H,4-6,9-12,17-18,25-28H2,(H2,47,48,55)/b33-23+,34-24+/t32?,35?,38-,39?,41+,42?/m1/s1. The normalized spacial score (nSPS) is 24.7. The minimum Gasteiger partial charge on any atom is -0.332 e. The number of nitro groups is 2. The van der Waals surface area contributed by atoms with Crippen LogP contribution in [0.1, 0.15) is 74.5 Å². The molecule has 7 rings (SSSR count). The summed E-state index contributed by atoms with van der Waals surface area (Å²) < 4.78 is 0. The van der Waals surface area contributed by atoms with Gasteiger partial charge in [-0.3, -0.25) is 34.6 Å². The van der Waals surface area contributed by atoms with Gasteiger partial charge in [0.25, 0.3) is 11.4 Å². The molecule has 3 saturated heterocycles. The van der Waals surface area contributed by atoms with Gasteiger partial charge >= 0.3 is 6.03 Å². The molecule has 3 aromatic rings. The number of likely N-dealkylation sites (tertiary alicyclic amines) is 1. The van der Waals surface area contributed by atoms with Crippen molar-refractivity contribution in [1.82, 2.24) is 20.9 Å². The number of nitrogens with zero attached hydrogens (tertiary/aromatic N) is 3. The number of thioether (sulfide) groups is 1. The first-order valence-corrected chi connectivity index (χ1v) is 21.8. The number of fused-ring (bicyclic) bond motifs is 1. The second-order valence-corrected chi connectivity index (χ2v) is 17.5. The van der Waals surface area contributed by atoms with Crippen LogP contribution in [0.2, 0.25) is 0 Å². The zero-order valence-corrected chi connectivity index (χ0v) is 34.1. The summed E-state index contributed by atoms with van der Waals surface area (Å²) in [4.78, 5) is 77.2. The third kappa shape index (κ3) is 10.7. The van der Waals surface area contributed by atoms with Crippen LogP contribution in [-0.2, 0) is 20.8 Å². The van der Waals surface area contributed by atoms with Gasteiger partial charge in [0.05, 0.1) is 28.0 Å².